The lowest BCUT2D eigenvalue weighted by Crippen LogP contribution is -2.22. The number of carbonyl (C=O) groups is 2. The van der Waals surface area contributed by atoms with Crippen LogP contribution in [0.15, 0.2) is 33.2 Å². The quantitative estimate of drug-likeness (QED) is 0.122. The van der Waals surface area contributed by atoms with Crippen LogP contribution in [0.25, 0.3) is 0 Å². The minimum atomic E-state index is -0.620. The number of ether oxygens (including phenoxy) is 2. The topological polar surface area (TPSA) is 143 Å². The van der Waals surface area contributed by atoms with Gasteiger partial charge in [-0.2, -0.15) is 5.26 Å². The number of aromatic nitrogens is 1. The Morgan fingerprint density at radius 2 is 1.49 bits per heavy atom. The van der Waals surface area contributed by atoms with E-state index in [1.807, 2.05) is 13.0 Å². The van der Waals surface area contributed by atoms with Crippen molar-refractivity contribution in [3.8, 4) is 11.9 Å². The van der Waals surface area contributed by atoms with Gasteiger partial charge in [0.05, 0.1) is 24.3 Å². The van der Waals surface area contributed by atoms with Gasteiger partial charge in [0.25, 0.3) is 5.56 Å². The van der Waals surface area contributed by atoms with Crippen LogP contribution in [0.2, 0.25) is 0 Å². The molecule has 2 aromatic rings. The van der Waals surface area contributed by atoms with Gasteiger partial charge in [-0.3, -0.25) is 9.36 Å². The predicted molar refractivity (Wildman–Crippen MR) is 175 cm³/mol. The highest BCUT2D eigenvalue weighted by Gasteiger charge is 2.22. The maximum atomic E-state index is 13.3. The van der Waals surface area contributed by atoms with E-state index in [-0.39, 0.29) is 65.2 Å². The second-order valence-corrected chi connectivity index (χ2v) is 11.6. The smallest absolute Gasteiger partial charge is 0.340 e. The van der Waals surface area contributed by atoms with Crippen molar-refractivity contribution < 1.29 is 24.2 Å². The van der Waals surface area contributed by atoms with Gasteiger partial charge in [0.2, 0.25) is 5.88 Å². The lowest BCUT2D eigenvalue weighted by atomic mass is 10.0. The van der Waals surface area contributed by atoms with Gasteiger partial charge in [-0.1, -0.05) is 79.6 Å². The molecule has 0 aliphatic heterocycles. The maximum absolute atomic E-state index is 13.3. The number of benzene rings is 1. The van der Waals surface area contributed by atoms with Gasteiger partial charge in [0, 0.05) is 12.1 Å². The van der Waals surface area contributed by atoms with E-state index < -0.39 is 23.4 Å². The summed E-state index contributed by atoms with van der Waals surface area (Å²) in [6, 6.07) is 6.30. The molecule has 1 N–H and O–H groups in total. The maximum Gasteiger partial charge on any atom is 0.340 e. The molecule has 0 saturated heterocycles. The Bertz CT molecular complexity index is 1410. The summed E-state index contributed by atoms with van der Waals surface area (Å²) in [5, 5.41) is 28.7. The summed E-state index contributed by atoms with van der Waals surface area (Å²) >= 11 is 0. The largest absolute Gasteiger partial charge is 0.493 e. The molecule has 10 nitrogen and oxygen atoms in total. The average molecular weight is 623 g/mol. The summed E-state index contributed by atoms with van der Waals surface area (Å²) in [6.45, 7) is 12.5. The molecule has 1 heterocycles. The lowest BCUT2D eigenvalue weighted by Gasteiger charge is -2.16. The first kappa shape index (κ1) is 37.2. The fourth-order valence-corrected chi connectivity index (χ4v) is 4.94. The predicted octanol–water partition coefficient (Wildman–Crippen LogP) is 8.70. The molecule has 0 radical (unpaired) electrons. The number of unbranched alkanes of at least 4 members (excludes halogenated alkanes) is 3. The Kier molecular flexibility index (Phi) is 16.0. The first-order valence-corrected chi connectivity index (χ1v) is 16.4. The standard InChI is InChI=1S/C35H50N4O6/c1-7-12-15-25(10-4)22-44-34(42)27-17-18-28(35(43)45-23-26(11-5)16-13-8-2)30(20-27)37-38-31-24(6)29(21-36)32(40)39(33(31)41)19-14-9-3/h17-18,20,25-26,40H,7-16,19,22-23H2,1-6H3. The molecule has 2 atom stereocenters. The highest BCUT2D eigenvalue weighted by atomic mass is 16.5. The second kappa shape index (κ2) is 19.4. The van der Waals surface area contributed by atoms with Gasteiger partial charge in [0.15, 0.2) is 5.69 Å². The Morgan fingerprint density at radius 1 is 0.911 bits per heavy atom. The number of nitrogens with zero attached hydrogens (tertiary/aromatic N) is 4. The number of pyridine rings is 1. The molecule has 1 aromatic carbocycles. The van der Waals surface area contributed by atoms with E-state index in [1.165, 1.54) is 25.1 Å². The summed E-state index contributed by atoms with van der Waals surface area (Å²) in [7, 11) is 0. The van der Waals surface area contributed by atoms with Crippen molar-refractivity contribution in [1.29, 1.82) is 5.26 Å². The van der Waals surface area contributed by atoms with Crippen LogP contribution < -0.4 is 5.56 Å². The zero-order chi connectivity index (χ0) is 33.4. The third-order valence-electron chi connectivity index (χ3n) is 8.20. The van der Waals surface area contributed by atoms with Crippen LogP contribution in [0.1, 0.15) is 131 Å². The van der Waals surface area contributed by atoms with Crippen molar-refractivity contribution in [2.24, 2.45) is 22.1 Å². The van der Waals surface area contributed by atoms with E-state index in [1.54, 1.807) is 0 Å². The zero-order valence-electron chi connectivity index (χ0n) is 27.9. The van der Waals surface area contributed by atoms with E-state index in [9.17, 15) is 24.8 Å². The summed E-state index contributed by atoms with van der Waals surface area (Å²) < 4.78 is 12.4. The second-order valence-electron chi connectivity index (χ2n) is 11.6. The first-order valence-electron chi connectivity index (χ1n) is 16.4. The Labute approximate surface area is 267 Å². The minimum Gasteiger partial charge on any atom is -0.493 e. The van der Waals surface area contributed by atoms with E-state index in [0.717, 1.165) is 62.4 Å². The van der Waals surface area contributed by atoms with Crippen LogP contribution in [0.3, 0.4) is 0 Å². The van der Waals surface area contributed by atoms with Crippen LogP contribution in [-0.2, 0) is 16.0 Å². The van der Waals surface area contributed by atoms with Crippen molar-refractivity contribution in [2.75, 3.05) is 13.2 Å². The number of carbonyl (C=O) groups excluding carboxylic acids is 2. The van der Waals surface area contributed by atoms with Crippen LogP contribution in [0, 0.1) is 30.1 Å². The molecule has 0 aliphatic rings. The molecule has 0 amide bonds. The van der Waals surface area contributed by atoms with Crippen molar-refractivity contribution in [1.82, 2.24) is 4.57 Å². The van der Waals surface area contributed by atoms with Crippen molar-refractivity contribution >= 4 is 23.3 Å². The van der Waals surface area contributed by atoms with Gasteiger partial charge in [-0.05, 0) is 56.2 Å². The molecule has 0 fully saturated rings. The van der Waals surface area contributed by atoms with Gasteiger partial charge in [0.1, 0.15) is 17.3 Å². The van der Waals surface area contributed by atoms with Gasteiger partial charge >= 0.3 is 11.9 Å². The summed E-state index contributed by atoms with van der Waals surface area (Å²) in [4.78, 5) is 39.6. The van der Waals surface area contributed by atoms with E-state index in [4.69, 9.17) is 9.47 Å². The molecule has 2 rings (SSSR count). The van der Waals surface area contributed by atoms with Crippen molar-refractivity contribution in [2.45, 2.75) is 112 Å². The van der Waals surface area contributed by atoms with Crippen LogP contribution in [-0.4, -0.2) is 34.8 Å². The van der Waals surface area contributed by atoms with E-state index >= 15 is 0 Å². The Balaban J connectivity index is 2.53. The number of aromatic hydroxyl groups is 1. The van der Waals surface area contributed by atoms with Crippen LogP contribution in [0.5, 0.6) is 5.88 Å². The molecular formula is C35H50N4O6. The lowest BCUT2D eigenvalue weighted by molar-refractivity contribution is 0.0415. The van der Waals surface area contributed by atoms with Gasteiger partial charge in [-0.15, -0.1) is 10.2 Å². The zero-order valence-corrected chi connectivity index (χ0v) is 27.9. The summed E-state index contributed by atoms with van der Waals surface area (Å²) in [5.41, 5.74) is -0.377. The average Bonchev–Trinajstić information content (AvgIpc) is 3.04. The molecule has 0 bridgehead atoms. The molecular weight excluding hydrogens is 572 g/mol. The summed E-state index contributed by atoms with van der Waals surface area (Å²) in [5.74, 6) is -1.12. The Hall–Kier alpha value is -4.00. The highest BCUT2D eigenvalue weighted by Crippen LogP contribution is 2.30. The number of rotatable bonds is 19. The Morgan fingerprint density at radius 3 is 2.02 bits per heavy atom. The molecule has 0 saturated carbocycles. The number of azo groups is 1. The third kappa shape index (κ3) is 10.5. The first-order chi connectivity index (χ1) is 21.7. The normalized spacial score (nSPS) is 12.6. The number of hydrogen-bond donors (Lipinski definition) is 1. The molecule has 246 valence electrons. The van der Waals surface area contributed by atoms with Crippen molar-refractivity contribution in [3.63, 3.8) is 0 Å². The van der Waals surface area contributed by atoms with Gasteiger partial charge < -0.3 is 14.6 Å². The fourth-order valence-electron chi connectivity index (χ4n) is 4.94. The molecule has 2 unspecified atom stereocenters. The molecule has 0 spiro atoms. The highest BCUT2D eigenvalue weighted by molar-refractivity contribution is 5.98. The van der Waals surface area contributed by atoms with E-state index in [0.29, 0.717) is 6.42 Å². The number of hydrogen-bond acceptors (Lipinski definition) is 9. The molecule has 10 heteroatoms. The number of esters is 2. The monoisotopic (exact) mass is 622 g/mol. The molecule has 45 heavy (non-hydrogen) atoms. The molecule has 1 aromatic heterocycles. The molecule has 0 aliphatic carbocycles. The van der Waals surface area contributed by atoms with Crippen LogP contribution in [0.4, 0.5) is 11.4 Å². The van der Waals surface area contributed by atoms with Crippen molar-refractivity contribution in [3.05, 3.63) is 50.8 Å². The van der Waals surface area contributed by atoms with Gasteiger partial charge in [-0.25, -0.2) is 9.59 Å². The number of nitriles is 1. The summed E-state index contributed by atoms with van der Waals surface area (Å²) in [6.07, 6.45) is 9.24. The minimum absolute atomic E-state index is 0.0274. The van der Waals surface area contributed by atoms with E-state index in [2.05, 4.69) is 37.9 Å². The van der Waals surface area contributed by atoms with Crippen LogP contribution >= 0.6 is 0 Å². The fraction of sp³-hybridized carbons (Fsp3) is 0.600. The SMILES string of the molecule is CCCCC(CC)COC(=O)c1ccc(C(=O)OCC(CC)CCCC)c(N=Nc2c(C)c(C#N)c(O)n(CCCC)c2=O)c1. The third-order valence-corrected chi connectivity index (χ3v) is 8.20.